The van der Waals surface area contributed by atoms with Gasteiger partial charge in [0, 0.05) is 0 Å². The lowest BCUT2D eigenvalue weighted by molar-refractivity contribution is 0.0934. The zero-order chi connectivity index (χ0) is 16.8. The normalized spacial score (nSPS) is 12.0. The average Bonchev–Trinajstić information content (AvgIpc) is 2.54. The van der Waals surface area contributed by atoms with Crippen LogP contribution in [0, 0.1) is 0 Å². The molecule has 2 aromatic carbocycles. The fourth-order valence-electron chi connectivity index (χ4n) is 2.41. The van der Waals surface area contributed by atoms with E-state index in [4.69, 9.17) is 4.74 Å². The van der Waals surface area contributed by atoms with Crippen LogP contribution < -0.4 is 10.1 Å². The second-order valence-corrected chi connectivity index (χ2v) is 5.95. The van der Waals surface area contributed by atoms with Crippen LogP contribution in [0.3, 0.4) is 0 Å². The van der Waals surface area contributed by atoms with Crippen LogP contribution in [0.2, 0.25) is 0 Å². The molecule has 0 aliphatic heterocycles. The molecule has 0 spiro atoms. The summed E-state index contributed by atoms with van der Waals surface area (Å²) in [5.74, 6) is 0.502. The van der Waals surface area contributed by atoms with Crippen molar-refractivity contribution < 1.29 is 9.53 Å². The molecule has 0 saturated heterocycles. The average molecular weight is 311 g/mol. The molecular formula is C20H25NO2. The lowest BCUT2D eigenvalue weighted by atomic mass is 10.0. The lowest BCUT2D eigenvalue weighted by Crippen LogP contribution is -2.27. The Balaban J connectivity index is 2.11. The van der Waals surface area contributed by atoms with Crippen molar-refractivity contribution in [3.05, 3.63) is 65.2 Å². The number of nitrogens with one attached hydrogen (secondary N) is 1. The summed E-state index contributed by atoms with van der Waals surface area (Å²) in [6.45, 7) is 8.02. The number of ether oxygens (including phenoxy) is 1. The fourth-order valence-corrected chi connectivity index (χ4v) is 2.41. The molecule has 0 heterocycles. The maximum Gasteiger partial charge on any atom is 0.255 e. The number of hydrogen-bond donors (Lipinski definition) is 1. The third kappa shape index (κ3) is 4.59. The zero-order valence-corrected chi connectivity index (χ0v) is 14.3. The number of benzene rings is 2. The van der Waals surface area contributed by atoms with Crippen molar-refractivity contribution in [3.8, 4) is 5.75 Å². The largest absolute Gasteiger partial charge is 0.490 e. The van der Waals surface area contributed by atoms with Gasteiger partial charge in [0.1, 0.15) is 5.75 Å². The Kier molecular flexibility index (Phi) is 5.80. The van der Waals surface area contributed by atoms with E-state index >= 15 is 0 Å². The quantitative estimate of drug-likeness (QED) is 0.851. The molecule has 3 nitrogen and oxygen atoms in total. The molecule has 0 fully saturated rings. The summed E-state index contributed by atoms with van der Waals surface area (Å²) in [5, 5.41) is 3.04. The van der Waals surface area contributed by atoms with E-state index in [0.29, 0.717) is 11.3 Å². The van der Waals surface area contributed by atoms with Gasteiger partial charge in [-0.25, -0.2) is 0 Å². The number of aryl methyl sites for hydroxylation is 1. The number of para-hydroxylation sites is 1. The van der Waals surface area contributed by atoms with Gasteiger partial charge < -0.3 is 10.1 Å². The summed E-state index contributed by atoms with van der Waals surface area (Å²) in [6, 6.07) is 15.6. The van der Waals surface area contributed by atoms with E-state index in [1.54, 1.807) is 6.07 Å². The predicted molar refractivity (Wildman–Crippen MR) is 93.9 cm³/mol. The summed E-state index contributed by atoms with van der Waals surface area (Å²) < 4.78 is 5.72. The Morgan fingerprint density at radius 2 is 1.70 bits per heavy atom. The Morgan fingerprint density at radius 3 is 2.30 bits per heavy atom. The van der Waals surface area contributed by atoms with E-state index in [9.17, 15) is 4.79 Å². The summed E-state index contributed by atoms with van der Waals surface area (Å²) in [6.07, 6.45) is 1.05. The molecule has 1 N–H and O–H groups in total. The van der Waals surface area contributed by atoms with Crippen molar-refractivity contribution in [2.75, 3.05) is 0 Å². The van der Waals surface area contributed by atoms with Gasteiger partial charge in [-0.05, 0) is 50.5 Å². The monoisotopic (exact) mass is 311 g/mol. The molecule has 0 saturated carbocycles. The minimum absolute atomic E-state index is 0.0305. The van der Waals surface area contributed by atoms with Gasteiger partial charge in [-0.15, -0.1) is 0 Å². The highest BCUT2D eigenvalue weighted by molar-refractivity contribution is 5.97. The Morgan fingerprint density at radius 1 is 1.04 bits per heavy atom. The zero-order valence-electron chi connectivity index (χ0n) is 14.3. The summed E-state index contributed by atoms with van der Waals surface area (Å²) >= 11 is 0. The van der Waals surface area contributed by atoms with E-state index in [1.807, 2.05) is 39.0 Å². The highest BCUT2D eigenvalue weighted by Gasteiger charge is 2.16. The van der Waals surface area contributed by atoms with Crippen molar-refractivity contribution in [1.29, 1.82) is 0 Å². The fraction of sp³-hybridized carbons (Fsp3) is 0.350. The van der Waals surface area contributed by atoms with Gasteiger partial charge in [-0.3, -0.25) is 4.79 Å². The highest BCUT2D eigenvalue weighted by atomic mass is 16.5. The van der Waals surface area contributed by atoms with Crippen LogP contribution in [-0.2, 0) is 6.42 Å². The van der Waals surface area contributed by atoms with Gasteiger partial charge in [0.05, 0.1) is 17.7 Å². The van der Waals surface area contributed by atoms with Crippen LogP contribution >= 0.6 is 0 Å². The predicted octanol–water partition coefficient (Wildman–Crippen LogP) is 4.53. The molecule has 1 unspecified atom stereocenters. The van der Waals surface area contributed by atoms with E-state index < -0.39 is 0 Å². The first-order chi connectivity index (χ1) is 11.0. The Bertz CT molecular complexity index is 647. The van der Waals surface area contributed by atoms with Crippen molar-refractivity contribution in [2.24, 2.45) is 0 Å². The molecule has 1 atom stereocenters. The molecular weight excluding hydrogens is 286 g/mol. The van der Waals surface area contributed by atoms with Crippen molar-refractivity contribution >= 4 is 5.91 Å². The van der Waals surface area contributed by atoms with Crippen LogP contribution in [0.1, 0.15) is 55.2 Å². The summed E-state index contributed by atoms with van der Waals surface area (Å²) in [4.78, 5) is 12.6. The van der Waals surface area contributed by atoms with Crippen molar-refractivity contribution in [1.82, 2.24) is 5.32 Å². The number of hydrogen-bond acceptors (Lipinski definition) is 2. The van der Waals surface area contributed by atoms with Crippen LogP contribution in [-0.4, -0.2) is 12.0 Å². The van der Waals surface area contributed by atoms with E-state index in [-0.39, 0.29) is 18.1 Å². The van der Waals surface area contributed by atoms with Gasteiger partial charge >= 0.3 is 0 Å². The first kappa shape index (κ1) is 17.1. The molecule has 2 aromatic rings. The van der Waals surface area contributed by atoms with E-state index in [1.165, 1.54) is 5.56 Å². The second-order valence-electron chi connectivity index (χ2n) is 5.95. The topological polar surface area (TPSA) is 38.3 Å². The van der Waals surface area contributed by atoms with Crippen molar-refractivity contribution in [2.45, 2.75) is 46.3 Å². The lowest BCUT2D eigenvalue weighted by Gasteiger charge is -2.17. The number of carbonyl (C=O) groups excluding carboxylic acids is 1. The van der Waals surface area contributed by atoms with Gasteiger partial charge in [0.15, 0.2) is 0 Å². The molecule has 0 bridgehead atoms. The first-order valence-electron chi connectivity index (χ1n) is 8.16. The van der Waals surface area contributed by atoms with Crippen LogP contribution in [0.4, 0.5) is 0 Å². The van der Waals surface area contributed by atoms with Gasteiger partial charge in [-0.1, -0.05) is 43.3 Å². The van der Waals surface area contributed by atoms with Gasteiger partial charge in [-0.2, -0.15) is 0 Å². The standard InChI is InChI=1S/C20H25NO2/c1-5-16-10-12-17(13-11-16)15(4)21-20(22)18-8-6-7-9-19(18)23-14(2)3/h6-15H,5H2,1-4H3,(H,21,22). The number of carbonyl (C=O) groups is 1. The molecule has 0 radical (unpaired) electrons. The van der Waals surface area contributed by atoms with E-state index in [0.717, 1.165) is 12.0 Å². The van der Waals surface area contributed by atoms with Gasteiger partial charge in [0.25, 0.3) is 5.91 Å². The maximum absolute atomic E-state index is 12.6. The van der Waals surface area contributed by atoms with E-state index in [2.05, 4.69) is 36.5 Å². The molecule has 0 aromatic heterocycles. The molecule has 3 heteroatoms. The maximum atomic E-state index is 12.6. The third-order valence-electron chi connectivity index (χ3n) is 3.73. The highest BCUT2D eigenvalue weighted by Crippen LogP contribution is 2.21. The van der Waals surface area contributed by atoms with Crippen LogP contribution in [0.15, 0.2) is 48.5 Å². The van der Waals surface area contributed by atoms with Crippen molar-refractivity contribution in [3.63, 3.8) is 0 Å². The molecule has 0 aliphatic carbocycles. The summed E-state index contributed by atoms with van der Waals surface area (Å²) in [5.41, 5.74) is 2.96. The number of amides is 1. The molecule has 122 valence electrons. The Labute approximate surface area is 138 Å². The SMILES string of the molecule is CCc1ccc(C(C)NC(=O)c2ccccc2OC(C)C)cc1. The first-order valence-corrected chi connectivity index (χ1v) is 8.16. The smallest absolute Gasteiger partial charge is 0.255 e. The molecule has 2 rings (SSSR count). The molecule has 1 amide bonds. The van der Waals surface area contributed by atoms with Crippen LogP contribution in [0.5, 0.6) is 5.75 Å². The van der Waals surface area contributed by atoms with Crippen LogP contribution in [0.25, 0.3) is 0 Å². The number of rotatable bonds is 6. The second kappa shape index (κ2) is 7.82. The minimum Gasteiger partial charge on any atom is -0.490 e. The molecule has 23 heavy (non-hydrogen) atoms. The minimum atomic E-state index is -0.117. The molecule has 0 aliphatic rings. The Hall–Kier alpha value is -2.29. The summed E-state index contributed by atoms with van der Waals surface area (Å²) in [7, 11) is 0. The third-order valence-corrected chi connectivity index (χ3v) is 3.73. The van der Waals surface area contributed by atoms with Gasteiger partial charge in [0.2, 0.25) is 0 Å².